The number of ether oxygens (including phenoxy) is 1. The minimum Gasteiger partial charge on any atom is -0.383 e. The summed E-state index contributed by atoms with van der Waals surface area (Å²) in [6.45, 7) is 7.25. The quantitative estimate of drug-likeness (QED) is 0.716. The first-order valence-electron chi connectivity index (χ1n) is 6.68. The van der Waals surface area contributed by atoms with Crippen molar-refractivity contribution >= 4 is 0 Å². The van der Waals surface area contributed by atoms with Crippen LogP contribution in [0.5, 0.6) is 0 Å². The molecule has 0 spiro atoms. The van der Waals surface area contributed by atoms with E-state index < -0.39 is 0 Å². The molecule has 0 saturated heterocycles. The van der Waals surface area contributed by atoms with Gasteiger partial charge in [0.15, 0.2) is 0 Å². The van der Waals surface area contributed by atoms with Crippen LogP contribution in [0.1, 0.15) is 38.8 Å². The fraction of sp³-hybridized carbons (Fsp3) is 0.714. The van der Waals surface area contributed by atoms with Crippen LogP contribution in [0.2, 0.25) is 0 Å². The highest BCUT2D eigenvalue weighted by Gasteiger charge is 2.07. The molecule has 0 aliphatic heterocycles. The van der Waals surface area contributed by atoms with Gasteiger partial charge < -0.3 is 14.6 Å². The molecule has 0 saturated carbocycles. The number of nitrogens with zero attached hydrogens (tertiary/aromatic N) is 1. The van der Waals surface area contributed by atoms with Crippen molar-refractivity contribution in [3.8, 4) is 0 Å². The van der Waals surface area contributed by atoms with E-state index in [1.807, 2.05) is 0 Å². The Labute approximate surface area is 105 Å². The SMILES string of the molecule is CCCC(COC)NCc1cccn1CCC. The number of hydrogen-bond acceptors (Lipinski definition) is 2. The maximum Gasteiger partial charge on any atom is 0.0615 e. The summed E-state index contributed by atoms with van der Waals surface area (Å²) in [6, 6.07) is 4.78. The van der Waals surface area contributed by atoms with Gasteiger partial charge in [0.05, 0.1) is 6.61 Å². The maximum absolute atomic E-state index is 5.23. The van der Waals surface area contributed by atoms with Gasteiger partial charge in [-0.15, -0.1) is 0 Å². The second kappa shape index (κ2) is 8.31. The van der Waals surface area contributed by atoms with E-state index in [2.05, 4.69) is 42.1 Å². The van der Waals surface area contributed by atoms with Crippen LogP contribution >= 0.6 is 0 Å². The highest BCUT2D eigenvalue weighted by molar-refractivity contribution is 5.07. The predicted octanol–water partition coefficient (Wildman–Crippen LogP) is 2.80. The number of nitrogens with one attached hydrogen (secondary N) is 1. The van der Waals surface area contributed by atoms with Crippen LogP contribution < -0.4 is 5.32 Å². The lowest BCUT2D eigenvalue weighted by Gasteiger charge is -2.18. The van der Waals surface area contributed by atoms with Crippen LogP contribution in [0.25, 0.3) is 0 Å². The molecule has 0 radical (unpaired) electrons. The molecule has 1 unspecified atom stereocenters. The van der Waals surface area contributed by atoms with E-state index in [-0.39, 0.29) is 0 Å². The average molecular weight is 238 g/mol. The van der Waals surface area contributed by atoms with Crippen LogP contribution in [0.4, 0.5) is 0 Å². The van der Waals surface area contributed by atoms with Crippen molar-refractivity contribution in [2.75, 3.05) is 13.7 Å². The number of rotatable bonds is 9. The van der Waals surface area contributed by atoms with Crippen molar-refractivity contribution in [3.05, 3.63) is 24.0 Å². The molecule has 1 rings (SSSR count). The zero-order chi connectivity index (χ0) is 12.5. The van der Waals surface area contributed by atoms with Gasteiger partial charge in [0, 0.05) is 38.1 Å². The molecule has 1 aromatic rings. The third-order valence-electron chi connectivity index (χ3n) is 2.96. The van der Waals surface area contributed by atoms with Gasteiger partial charge >= 0.3 is 0 Å². The van der Waals surface area contributed by atoms with Crippen molar-refractivity contribution < 1.29 is 4.74 Å². The second-order valence-electron chi connectivity index (χ2n) is 4.51. The lowest BCUT2D eigenvalue weighted by molar-refractivity contribution is 0.161. The molecule has 0 aliphatic carbocycles. The Morgan fingerprint density at radius 3 is 2.82 bits per heavy atom. The van der Waals surface area contributed by atoms with E-state index in [0.29, 0.717) is 6.04 Å². The fourth-order valence-electron chi connectivity index (χ4n) is 2.11. The minimum atomic E-state index is 0.468. The molecule has 0 fully saturated rings. The van der Waals surface area contributed by atoms with Gasteiger partial charge in [-0.3, -0.25) is 0 Å². The molecular weight excluding hydrogens is 212 g/mol. The minimum absolute atomic E-state index is 0.468. The van der Waals surface area contributed by atoms with Crippen LogP contribution in [0.15, 0.2) is 18.3 Å². The van der Waals surface area contributed by atoms with E-state index in [9.17, 15) is 0 Å². The fourth-order valence-corrected chi connectivity index (χ4v) is 2.11. The van der Waals surface area contributed by atoms with Crippen molar-refractivity contribution in [2.45, 2.75) is 52.2 Å². The van der Waals surface area contributed by atoms with E-state index in [1.165, 1.54) is 25.0 Å². The second-order valence-corrected chi connectivity index (χ2v) is 4.51. The topological polar surface area (TPSA) is 26.2 Å². The van der Waals surface area contributed by atoms with Crippen molar-refractivity contribution in [1.29, 1.82) is 0 Å². The molecular formula is C14H26N2O. The predicted molar refractivity (Wildman–Crippen MR) is 72.1 cm³/mol. The van der Waals surface area contributed by atoms with Crippen LogP contribution in [-0.4, -0.2) is 24.3 Å². The molecule has 3 nitrogen and oxygen atoms in total. The smallest absolute Gasteiger partial charge is 0.0615 e. The molecule has 98 valence electrons. The van der Waals surface area contributed by atoms with Crippen molar-refractivity contribution in [2.24, 2.45) is 0 Å². The molecule has 0 bridgehead atoms. The van der Waals surface area contributed by atoms with E-state index in [1.54, 1.807) is 7.11 Å². The number of aryl methyl sites for hydroxylation is 1. The Morgan fingerprint density at radius 1 is 1.35 bits per heavy atom. The molecule has 17 heavy (non-hydrogen) atoms. The van der Waals surface area contributed by atoms with Gasteiger partial charge in [0.25, 0.3) is 0 Å². The molecule has 3 heteroatoms. The summed E-state index contributed by atoms with van der Waals surface area (Å²) < 4.78 is 7.56. The molecule has 0 aromatic carbocycles. The zero-order valence-electron chi connectivity index (χ0n) is 11.4. The summed E-state index contributed by atoms with van der Waals surface area (Å²) in [4.78, 5) is 0. The van der Waals surface area contributed by atoms with Gasteiger partial charge in [0.1, 0.15) is 0 Å². The maximum atomic E-state index is 5.23. The monoisotopic (exact) mass is 238 g/mol. The van der Waals surface area contributed by atoms with Crippen LogP contribution in [0, 0.1) is 0 Å². The Hall–Kier alpha value is -0.800. The Morgan fingerprint density at radius 2 is 2.18 bits per heavy atom. The van der Waals surface area contributed by atoms with E-state index in [4.69, 9.17) is 4.74 Å². The Kier molecular flexibility index (Phi) is 6.97. The summed E-state index contributed by atoms with van der Waals surface area (Å²) in [5, 5.41) is 3.58. The van der Waals surface area contributed by atoms with E-state index >= 15 is 0 Å². The van der Waals surface area contributed by atoms with Gasteiger partial charge in [0.2, 0.25) is 0 Å². The molecule has 0 aliphatic rings. The first-order chi connectivity index (χ1) is 8.31. The number of hydrogen-bond donors (Lipinski definition) is 1. The van der Waals surface area contributed by atoms with Crippen molar-refractivity contribution in [3.63, 3.8) is 0 Å². The summed E-state index contributed by atoms with van der Waals surface area (Å²) in [5.74, 6) is 0. The first-order valence-corrected chi connectivity index (χ1v) is 6.68. The van der Waals surface area contributed by atoms with Gasteiger partial charge in [-0.05, 0) is 25.0 Å². The molecule has 1 atom stereocenters. The van der Waals surface area contributed by atoms with Crippen molar-refractivity contribution in [1.82, 2.24) is 9.88 Å². The summed E-state index contributed by atoms with van der Waals surface area (Å²) in [6.07, 6.45) is 5.70. The number of aromatic nitrogens is 1. The average Bonchev–Trinajstić information content (AvgIpc) is 2.75. The summed E-state index contributed by atoms with van der Waals surface area (Å²) in [5.41, 5.74) is 1.36. The normalized spacial score (nSPS) is 12.9. The standard InChI is InChI=1S/C14H26N2O/c1-4-7-13(12-17-3)15-11-14-8-6-10-16(14)9-5-2/h6,8,10,13,15H,4-5,7,9,11-12H2,1-3H3. The van der Waals surface area contributed by atoms with Gasteiger partial charge in [-0.25, -0.2) is 0 Å². The molecule has 1 aromatic heterocycles. The number of methoxy groups -OCH3 is 1. The first kappa shape index (κ1) is 14.3. The highest BCUT2D eigenvalue weighted by atomic mass is 16.5. The molecule has 1 N–H and O–H groups in total. The Bertz CT molecular complexity index is 290. The van der Waals surface area contributed by atoms with Crippen LogP contribution in [-0.2, 0) is 17.8 Å². The lowest BCUT2D eigenvalue weighted by Crippen LogP contribution is -2.33. The lowest BCUT2D eigenvalue weighted by atomic mass is 10.2. The molecule has 0 amide bonds. The third-order valence-corrected chi connectivity index (χ3v) is 2.96. The molecule has 1 heterocycles. The third kappa shape index (κ3) is 4.92. The van der Waals surface area contributed by atoms with Gasteiger partial charge in [-0.2, -0.15) is 0 Å². The zero-order valence-corrected chi connectivity index (χ0v) is 11.4. The summed E-state index contributed by atoms with van der Waals surface area (Å²) in [7, 11) is 1.77. The van der Waals surface area contributed by atoms with Gasteiger partial charge in [-0.1, -0.05) is 20.3 Å². The Balaban J connectivity index is 2.43. The highest BCUT2D eigenvalue weighted by Crippen LogP contribution is 2.05. The van der Waals surface area contributed by atoms with E-state index in [0.717, 1.165) is 19.7 Å². The largest absolute Gasteiger partial charge is 0.383 e. The van der Waals surface area contributed by atoms with Crippen LogP contribution in [0.3, 0.4) is 0 Å². The summed E-state index contributed by atoms with van der Waals surface area (Å²) >= 11 is 0.